The highest BCUT2D eigenvalue weighted by atomic mass is 32.1. The maximum atomic E-state index is 12.4. The topological polar surface area (TPSA) is 58.6 Å². The van der Waals surface area contributed by atoms with E-state index in [1.165, 1.54) is 11.3 Å². The molecule has 0 aromatic carbocycles. The second kappa shape index (κ2) is 7.24. The normalized spacial score (nSPS) is 25.2. The lowest BCUT2D eigenvalue weighted by Gasteiger charge is -2.32. The van der Waals surface area contributed by atoms with E-state index < -0.39 is 0 Å². The van der Waals surface area contributed by atoms with Gasteiger partial charge in [-0.2, -0.15) is 0 Å². The molecule has 2 aliphatic heterocycles. The van der Waals surface area contributed by atoms with Crippen molar-refractivity contribution < 1.29 is 14.3 Å². The lowest BCUT2D eigenvalue weighted by Crippen LogP contribution is -2.46. The average molecular weight is 322 g/mol. The van der Waals surface area contributed by atoms with Crippen LogP contribution in [0.25, 0.3) is 0 Å². The molecule has 3 heterocycles. The third-order valence-electron chi connectivity index (χ3n) is 4.34. The maximum absolute atomic E-state index is 12.4. The Hall–Kier alpha value is -1.40. The van der Waals surface area contributed by atoms with Crippen LogP contribution in [-0.2, 0) is 9.53 Å². The smallest absolute Gasteiger partial charge is 0.263 e. The van der Waals surface area contributed by atoms with Gasteiger partial charge in [0.15, 0.2) is 0 Å². The van der Waals surface area contributed by atoms with Crippen LogP contribution in [0.4, 0.5) is 0 Å². The number of likely N-dealkylation sites (tertiary alicyclic amines) is 1. The fourth-order valence-corrected chi connectivity index (χ4v) is 3.79. The van der Waals surface area contributed by atoms with Crippen LogP contribution in [0.2, 0.25) is 0 Å². The van der Waals surface area contributed by atoms with Crippen LogP contribution in [0, 0.1) is 5.92 Å². The molecule has 0 aliphatic carbocycles. The van der Waals surface area contributed by atoms with Gasteiger partial charge in [-0.05, 0) is 37.1 Å². The average Bonchev–Trinajstić information content (AvgIpc) is 3.25. The summed E-state index contributed by atoms with van der Waals surface area (Å²) in [6.45, 7) is 2.65. The van der Waals surface area contributed by atoms with Gasteiger partial charge in [0.1, 0.15) is 0 Å². The molecule has 120 valence electrons. The van der Waals surface area contributed by atoms with Gasteiger partial charge in [-0.25, -0.2) is 0 Å². The first kappa shape index (κ1) is 15.5. The lowest BCUT2D eigenvalue weighted by atomic mass is 9.97. The predicted octanol–water partition coefficient (Wildman–Crippen LogP) is 1.90. The molecule has 1 aromatic heterocycles. The van der Waals surface area contributed by atoms with Crippen molar-refractivity contribution in [2.75, 3.05) is 26.2 Å². The largest absolute Gasteiger partial charge is 0.376 e. The third kappa shape index (κ3) is 3.67. The summed E-state index contributed by atoms with van der Waals surface area (Å²) in [6, 6.07) is 3.72. The van der Waals surface area contributed by atoms with Gasteiger partial charge in [0.25, 0.3) is 5.91 Å². The molecule has 1 N–H and O–H groups in total. The van der Waals surface area contributed by atoms with Crippen LogP contribution in [0.1, 0.15) is 35.4 Å². The standard InChI is InChI=1S/C16H22N2O3S/c19-15(17-10-13-5-2-8-21-13)12-4-1-7-18(11-12)16(20)14-6-3-9-22-14/h3,6,9,12-13H,1-2,4-5,7-8,10-11H2,(H,17,19). The highest BCUT2D eigenvalue weighted by molar-refractivity contribution is 7.12. The van der Waals surface area contributed by atoms with Crippen LogP contribution in [0.15, 0.2) is 17.5 Å². The molecule has 5 nitrogen and oxygen atoms in total. The molecule has 2 aliphatic rings. The minimum atomic E-state index is -0.0981. The molecule has 2 atom stereocenters. The van der Waals surface area contributed by atoms with Crippen molar-refractivity contribution in [3.05, 3.63) is 22.4 Å². The second-order valence-electron chi connectivity index (χ2n) is 5.95. The van der Waals surface area contributed by atoms with Crippen molar-refractivity contribution in [1.82, 2.24) is 10.2 Å². The summed E-state index contributed by atoms with van der Waals surface area (Å²) in [7, 11) is 0. The molecule has 0 saturated carbocycles. The summed E-state index contributed by atoms with van der Waals surface area (Å²) < 4.78 is 5.52. The monoisotopic (exact) mass is 322 g/mol. The molecule has 6 heteroatoms. The Kier molecular flexibility index (Phi) is 5.10. The first-order valence-corrected chi connectivity index (χ1v) is 8.84. The Balaban J connectivity index is 1.51. The van der Waals surface area contributed by atoms with Crippen molar-refractivity contribution in [1.29, 1.82) is 0 Å². The van der Waals surface area contributed by atoms with Crippen LogP contribution < -0.4 is 5.32 Å². The zero-order valence-electron chi connectivity index (χ0n) is 12.6. The van der Waals surface area contributed by atoms with Crippen molar-refractivity contribution in [2.24, 2.45) is 5.92 Å². The molecule has 1 aromatic rings. The Morgan fingerprint density at radius 2 is 2.27 bits per heavy atom. The molecule has 0 radical (unpaired) electrons. The van der Waals surface area contributed by atoms with Crippen LogP contribution >= 0.6 is 11.3 Å². The molecule has 2 amide bonds. The molecule has 2 unspecified atom stereocenters. The summed E-state index contributed by atoms with van der Waals surface area (Å²) in [5, 5.41) is 4.89. The number of piperidine rings is 1. The van der Waals surface area contributed by atoms with Gasteiger partial charge in [0, 0.05) is 26.2 Å². The highest BCUT2D eigenvalue weighted by Gasteiger charge is 2.29. The summed E-state index contributed by atoms with van der Waals surface area (Å²) in [5.41, 5.74) is 0. The summed E-state index contributed by atoms with van der Waals surface area (Å²) in [5.74, 6) is 0.00451. The van der Waals surface area contributed by atoms with Gasteiger partial charge >= 0.3 is 0 Å². The zero-order chi connectivity index (χ0) is 15.4. The first-order chi connectivity index (χ1) is 10.7. The quantitative estimate of drug-likeness (QED) is 0.921. The lowest BCUT2D eigenvalue weighted by molar-refractivity contribution is -0.126. The number of rotatable bonds is 4. The predicted molar refractivity (Wildman–Crippen MR) is 84.9 cm³/mol. The molecule has 0 spiro atoms. The van der Waals surface area contributed by atoms with Gasteiger partial charge in [0.2, 0.25) is 5.91 Å². The maximum Gasteiger partial charge on any atom is 0.263 e. The van der Waals surface area contributed by atoms with E-state index in [0.29, 0.717) is 13.1 Å². The van der Waals surface area contributed by atoms with E-state index in [1.54, 1.807) is 0 Å². The van der Waals surface area contributed by atoms with E-state index in [4.69, 9.17) is 4.74 Å². The molecule has 2 fully saturated rings. The van der Waals surface area contributed by atoms with E-state index in [0.717, 1.165) is 43.7 Å². The van der Waals surface area contributed by atoms with Crippen molar-refractivity contribution >= 4 is 23.2 Å². The summed E-state index contributed by atoms with van der Waals surface area (Å²) in [6.07, 6.45) is 4.00. The number of carbonyl (C=O) groups excluding carboxylic acids is 2. The number of nitrogens with one attached hydrogen (secondary N) is 1. The molecular weight excluding hydrogens is 300 g/mol. The van der Waals surface area contributed by atoms with E-state index in [-0.39, 0.29) is 23.8 Å². The van der Waals surface area contributed by atoms with Crippen molar-refractivity contribution in [3.8, 4) is 0 Å². The Bertz CT molecular complexity index is 511. The van der Waals surface area contributed by atoms with Gasteiger partial charge in [0.05, 0.1) is 16.9 Å². The van der Waals surface area contributed by atoms with E-state index in [1.807, 2.05) is 22.4 Å². The molecule has 3 rings (SSSR count). The number of hydrogen-bond donors (Lipinski definition) is 1. The van der Waals surface area contributed by atoms with E-state index in [2.05, 4.69) is 5.32 Å². The second-order valence-corrected chi connectivity index (χ2v) is 6.90. The fourth-order valence-electron chi connectivity index (χ4n) is 3.10. The number of nitrogens with zero attached hydrogens (tertiary/aromatic N) is 1. The van der Waals surface area contributed by atoms with E-state index >= 15 is 0 Å². The zero-order valence-corrected chi connectivity index (χ0v) is 13.4. The molecule has 22 heavy (non-hydrogen) atoms. The first-order valence-electron chi connectivity index (χ1n) is 7.96. The van der Waals surface area contributed by atoms with Crippen LogP contribution in [0.3, 0.4) is 0 Å². The van der Waals surface area contributed by atoms with E-state index in [9.17, 15) is 9.59 Å². The number of amides is 2. The Morgan fingerprint density at radius 3 is 3.00 bits per heavy atom. The Morgan fingerprint density at radius 1 is 1.36 bits per heavy atom. The van der Waals surface area contributed by atoms with Crippen LogP contribution in [0.5, 0.6) is 0 Å². The number of carbonyl (C=O) groups is 2. The molecule has 0 bridgehead atoms. The SMILES string of the molecule is O=C(NCC1CCCO1)C1CCCN(C(=O)c2cccs2)C1. The van der Waals surface area contributed by atoms with Gasteiger partial charge in [-0.1, -0.05) is 6.07 Å². The van der Waals surface area contributed by atoms with Crippen molar-refractivity contribution in [2.45, 2.75) is 31.8 Å². The van der Waals surface area contributed by atoms with Gasteiger partial charge in [-0.3, -0.25) is 9.59 Å². The summed E-state index contributed by atoms with van der Waals surface area (Å²) >= 11 is 1.45. The molecular formula is C16H22N2O3S. The number of ether oxygens (including phenoxy) is 1. The Labute approximate surface area is 134 Å². The van der Waals surface area contributed by atoms with Gasteiger partial charge in [-0.15, -0.1) is 11.3 Å². The summed E-state index contributed by atoms with van der Waals surface area (Å²) in [4.78, 5) is 27.2. The van der Waals surface area contributed by atoms with Crippen LogP contribution in [-0.4, -0.2) is 49.1 Å². The minimum absolute atomic E-state index is 0.0478. The number of thiophene rings is 1. The highest BCUT2D eigenvalue weighted by Crippen LogP contribution is 2.21. The third-order valence-corrected chi connectivity index (χ3v) is 5.20. The molecule has 2 saturated heterocycles. The number of hydrogen-bond acceptors (Lipinski definition) is 4. The van der Waals surface area contributed by atoms with Gasteiger partial charge < -0.3 is 15.0 Å². The minimum Gasteiger partial charge on any atom is -0.376 e. The fraction of sp³-hybridized carbons (Fsp3) is 0.625. The van der Waals surface area contributed by atoms with Crippen molar-refractivity contribution in [3.63, 3.8) is 0 Å².